The zero-order valence-electron chi connectivity index (χ0n) is 9.52. The summed E-state index contributed by atoms with van der Waals surface area (Å²) in [6.07, 6.45) is 2.39. The van der Waals surface area contributed by atoms with Gasteiger partial charge in [0.05, 0.1) is 5.02 Å². The molecule has 5 heteroatoms. The number of anilines is 1. The Kier molecular flexibility index (Phi) is 2.33. The molecule has 1 fully saturated rings. The van der Waals surface area contributed by atoms with Crippen molar-refractivity contribution in [3.05, 3.63) is 29.0 Å². The van der Waals surface area contributed by atoms with Gasteiger partial charge in [-0.3, -0.25) is 0 Å². The third-order valence-electron chi connectivity index (χ3n) is 2.96. The second-order valence-corrected chi connectivity index (χ2v) is 4.84. The smallest absolute Gasteiger partial charge is 0.159 e. The Bertz CT molecular complexity index is 572. The van der Waals surface area contributed by atoms with Crippen LogP contribution in [0.4, 0.5) is 5.69 Å². The molecule has 17 heavy (non-hydrogen) atoms. The van der Waals surface area contributed by atoms with Crippen LogP contribution in [0.5, 0.6) is 0 Å². The molecule has 0 bridgehead atoms. The van der Waals surface area contributed by atoms with Crippen molar-refractivity contribution in [2.45, 2.75) is 18.8 Å². The number of rotatable bonds is 2. The summed E-state index contributed by atoms with van der Waals surface area (Å²) in [6.45, 7) is 0. The first kappa shape index (κ1) is 10.6. The molecule has 2 aromatic rings. The van der Waals surface area contributed by atoms with E-state index in [2.05, 4.69) is 10.1 Å². The highest BCUT2D eigenvalue weighted by molar-refractivity contribution is 6.33. The molecule has 0 saturated heterocycles. The number of halogens is 1. The Morgan fingerprint density at radius 2 is 2.18 bits per heavy atom. The topological polar surface area (TPSA) is 56.7 Å². The summed E-state index contributed by atoms with van der Waals surface area (Å²) in [4.78, 5) is 4.56. The molecule has 1 aromatic heterocycles. The highest BCUT2D eigenvalue weighted by Gasteiger charge is 2.28. The van der Waals surface area contributed by atoms with Gasteiger partial charge in [-0.2, -0.15) is 5.10 Å². The molecule has 1 aliphatic carbocycles. The number of nitrogens with zero attached hydrogens (tertiary/aromatic N) is 3. The third kappa shape index (κ3) is 1.89. The van der Waals surface area contributed by atoms with Crippen molar-refractivity contribution < 1.29 is 0 Å². The predicted octanol–water partition coefficient (Wildman–Crippen LogP) is 2.60. The van der Waals surface area contributed by atoms with E-state index < -0.39 is 0 Å². The highest BCUT2D eigenvalue weighted by Crippen LogP contribution is 2.39. The van der Waals surface area contributed by atoms with Crippen LogP contribution in [0.3, 0.4) is 0 Å². The van der Waals surface area contributed by atoms with E-state index in [1.807, 2.05) is 19.2 Å². The number of benzene rings is 1. The van der Waals surface area contributed by atoms with Gasteiger partial charge < -0.3 is 5.73 Å². The second kappa shape index (κ2) is 3.74. The Morgan fingerprint density at radius 1 is 1.41 bits per heavy atom. The zero-order chi connectivity index (χ0) is 12.0. The van der Waals surface area contributed by atoms with Gasteiger partial charge in [-0.15, -0.1) is 0 Å². The Hall–Kier alpha value is -1.55. The van der Waals surface area contributed by atoms with Gasteiger partial charge in [-0.1, -0.05) is 11.6 Å². The van der Waals surface area contributed by atoms with Crippen LogP contribution >= 0.6 is 11.6 Å². The first-order chi connectivity index (χ1) is 8.15. The normalized spacial score (nSPS) is 15.2. The largest absolute Gasteiger partial charge is 0.399 e. The molecule has 88 valence electrons. The van der Waals surface area contributed by atoms with E-state index in [9.17, 15) is 0 Å². The van der Waals surface area contributed by atoms with E-state index >= 15 is 0 Å². The number of aromatic nitrogens is 3. The molecule has 0 spiro atoms. The van der Waals surface area contributed by atoms with E-state index in [-0.39, 0.29) is 0 Å². The number of hydrogen-bond acceptors (Lipinski definition) is 3. The Labute approximate surface area is 104 Å². The number of nitrogen functional groups attached to an aromatic ring is 1. The maximum atomic E-state index is 6.18. The Balaban J connectivity index is 2.07. The SMILES string of the molecule is Cn1nc(C2CC2)nc1-c1ccc(N)cc1Cl. The summed E-state index contributed by atoms with van der Waals surface area (Å²) >= 11 is 6.18. The first-order valence-corrected chi connectivity index (χ1v) is 5.99. The van der Waals surface area contributed by atoms with Crippen molar-refractivity contribution >= 4 is 17.3 Å². The monoisotopic (exact) mass is 248 g/mol. The van der Waals surface area contributed by atoms with Crippen LogP contribution in [0.15, 0.2) is 18.2 Å². The van der Waals surface area contributed by atoms with Crippen molar-refractivity contribution in [3.8, 4) is 11.4 Å². The van der Waals surface area contributed by atoms with Gasteiger partial charge in [-0.25, -0.2) is 9.67 Å². The molecular formula is C12H13ClN4. The summed E-state index contributed by atoms with van der Waals surface area (Å²) < 4.78 is 1.78. The average Bonchev–Trinajstić information content (AvgIpc) is 3.04. The molecule has 0 amide bonds. The molecule has 0 unspecified atom stereocenters. The molecule has 0 atom stereocenters. The van der Waals surface area contributed by atoms with Gasteiger partial charge in [0, 0.05) is 24.2 Å². The minimum absolute atomic E-state index is 0.544. The van der Waals surface area contributed by atoms with Crippen LogP contribution in [0.2, 0.25) is 5.02 Å². The van der Waals surface area contributed by atoms with E-state index in [1.165, 1.54) is 12.8 Å². The fraction of sp³-hybridized carbons (Fsp3) is 0.333. The molecule has 0 radical (unpaired) electrons. The summed E-state index contributed by atoms with van der Waals surface area (Å²) in [5.74, 6) is 2.27. The van der Waals surface area contributed by atoms with Gasteiger partial charge in [0.1, 0.15) is 0 Å². The van der Waals surface area contributed by atoms with E-state index in [4.69, 9.17) is 17.3 Å². The van der Waals surface area contributed by atoms with Crippen molar-refractivity contribution in [1.82, 2.24) is 14.8 Å². The lowest BCUT2D eigenvalue weighted by Gasteiger charge is -2.03. The van der Waals surface area contributed by atoms with Gasteiger partial charge >= 0.3 is 0 Å². The summed E-state index contributed by atoms with van der Waals surface area (Å²) in [7, 11) is 1.89. The molecule has 1 aromatic carbocycles. The number of hydrogen-bond donors (Lipinski definition) is 1. The lowest BCUT2D eigenvalue weighted by Crippen LogP contribution is -1.95. The maximum absolute atomic E-state index is 6.18. The quantitative estimate of drug-likeness (QED) is 0.831. The van der Waals surface area contributed by atoms with Crippen molar-refractivity contribution in [2.24, 2.45) is 7.05 Å². The Morgan fingerprint density at radius 3 is 2.82 bits per heavy atom. The minimum Gasteiger partial charge on any atom is -0.399 e. The molecule has 0 aliphatic heterocycles. The van der Waals surface area contributed by atoms with Crippen LogP contribution < -0.4 is 5.73 Å². The van der Waals surface area contributed by atoms with Crippen molar-refractivity contribution in [1.29, 1.82) is 0 Å². The molecule has 4 nitrogen and oxygen atoms in total. The zero-order valence-corrected chi connectivity index (χ0v) is 10.3. The molecule has 3 rings (SSSR count). The van der Waals surface area contributed by atoms with E-state index in [0.717, 1.165) is 17.2 Å². The van der Waals surface area contributed by atoms with Crippen LogP contribution in [0.25, 0.3) is 11.4 Å². The molecule has 2 N–H and O–H groups in total. The van der Waals surface area contributed by atoms with Crippen molar-refractivity contribution in [2.75, 3.05) is 5.73 Å². The van der Waals surface area contributed by atoms with Crippen LogP contribution in [0.1, 0.15) is 24.6 Å². The summed E-state index contributed by atoms with van der Waals surface area (Å²) in [5, 5.41) is 5.04. The van der Waals surface area contributed by atoms with Gasteiger partial charge in [0.15, 0.2) is 11.6 Å². The minimum atomic E-state index is 0.544. The fourth-order valence-electron chi connectivity index (χ4n) is 1.87. The van der Waals surface area contributed by atoms with Crippen LogP contribution in [-0.2, 0) is 7.05 Å². The fourth-order valence-corrected chi connectivity index (χ4v) is 2.14. The molecule has 1 saturated carbocycles. The summed E-state index contributed by atoms with van der Waals surface area (Å²) in [6, 6.07) is 5.45. The lowest BCUT2D eigenvalue weighted by molar-refractivity contribution is 0.750. The van der Waals surface area contributed by atoms with Crippen molar-refractivity contribution in [3.63, 3.8) is 0 Å². The van der Waals surface area contributed by atoms with Gasteiger partial charge in [-0.05, 0) is 31.0 Å². The molecule has 1 heterocycles. The van der Waals surface area contributed by atoms with Gasteiger partial charge in [0.25, 0.3) is 0 Å². The average molecular weight is 249 g/mol. The third-order valence-corrected chi connectivity index (χ3v) is 3.27. The maximum Gasteiger partial charge on any atom is 0.159 e. The van der Waals surface area contributed by atoms with Gasteiger partial charge in [0.2, 0.25) is 0 Å². The molecular weight excluding hydrogens is 236 g/mol. The number of aryl methyl sites for hydroxylation is 1. The van der Waals surface area contributed by atoms with E-state index in [0.29, 0.717) is 16.6 Å². The predicted molar refractivity (Wildman–Crippen MR) is 67.8 cm³/mol. The summed E-state index contributed by atoms with van der Waals surface area (Å²) in [5.41, 5.74) is 7.21. The standard InChI is InChI=1S/C12H13ClN4/c1-17-12(15-11(16-17)7-2-3-7)9-5-4-8(14)6-10(9)13/h4-7H,2-3,14H2,1H3. The first-order valence-electron chi connectivity index (χ1n) is 5.61. The highest BCUT2D eigenvalue weighted by atomic mass is 35.5. The second-order valence-electron chi connectivity index (χ2n) is 4.43. The number of nitrogens with two attached hydrogens (primary N) is 1. The van der Waals surface area contributed by atoms with Crippen LogP contribution in [-0.4, -0.2) is 14.8 Å². The van der Waals surface area contributed by atoms with Crippen LogP contribution in [0, 0.1) is 0 Å². The van der Waals surface area contributed by atoms with E-state index in [1.54, 1.807) is 10.7 Å². The molecule has 1 aliphatic rings. The lowest BCUT2D eigenvalue weighted by atomic mass is 10.2.